The molecule has 36 heavy (non-hydrogen) atoms. The van der Waals surface area contributed by atoms with Crippen LogP contribution in [0.4, 0.5) is 8.78 Å². The predicted molar refractivity (Wildman–Crippen MR) is 132 cm³/mol. The first-order valence-electron chi connectivity index (χ1n) is 12.2. The van der Waals surface area contributed by atoms with Gasteiger partial charge in [-0.15, -0.1) is 5.10 Å². The molecule has 1 aliphatic rings. The lowest BCUT2D eigenvalue weighted by Crippen LogP contribution is -2.49. The van der Waals surface area contributed by atoms with Crippen LogP contribution in [0.1, 0.15) is 57.0 Å². The van der Waals surface area contributed by atoms with Crippen LogP contribution in [-0.2, 0) is 9.59 Å². The van der Waals surface area contributed by atoms with Crippen LogP contribution in [0.2, 0.25) is 0 Å². The standard InChI is InChI=1S/C27H31F2N5O2/c1-16(2)25(34-15-17(3)31-32-34)27(36)33-14-6-9-23(33)26(35)30-18(4)19-10-12-20(13-11-19)21-7-5-8-22(28)24(21)29/h5,7-8,10-13,15-16,18,23,25H,6,9,14H2,1-4H3,(H,30,35). The summed E-state index contributed by atoms with van der Waals surface area (Å²) in [5.74, 6) is -2.17. The summed E-state index contributed by atoms with van der Waals surface area (Å²) in [6, 6.07) is 9.61. The summed E-state index contributed by atoms with van der Waals surface area (Å²) < 4.78 is 29.3. The molecule has 0 spiro atoms. The van der Waals surface area contributed by atoms with Crippen molar-refractivity contribution in [2.75, 3.05) is 6.54 Å². The van der Waals surface area contributed by atoms with Gasteiger partial charge in [0, 0.05) is 18.3 Å². The zero-order valence-electron chi connectivity index (χ0n) is 20.9. The summed E-state index contributed by atoms with van der Waals surface area (Å²) in [5, 5.41) is 11.1. The van der Waals surface area contributed by atoms with Crippen LogP contribution in [0.15, 0.2) is 48.7 Å². The number of aryl methyl sites for hydroxylation is 1. The maximum Gasteiger partial charge on any atom is 0.248 e. The molecule has 1 aromatic heterocycles. The fraction of sp³-hybridized carbons (Fsp3) is 0.407. The topological polar surface area (TPSA) is 80.1 Å². The summed E-state index contributed by atoms with van der Waals surface area (Å²) in [4.78, 5) is 28.4. The number of amides is 2. The number of carbonyl (C=O) groups excluding carboxylic acids is 2. The van der Waals surface area contributed by atoms with E-state index in [1.807, 2.05) is 27.7 Å². The lowest BCUT2D eigenvalue weighted by molar-refractivity contribution is -0.142. The third-order valence-corrected chi connectivity index (χ3v) is 6.66. The first-order chi connectivity index (χ1) is 17.2. The van der Waals surface area contributed by atoms with Gasteiger partial charge in [0.05, 0.1) is 11.7 Å². The molecule has 7 nitrogen and oxygen atoms in total. The zero-order chi connectivity index (χ0) is 26.0. The van der Waals surface area contributed by atoms with Gasteiger partial charge in [-0.3, -0.25) is 9.59 Å². The Labute approximate surface area is 209 Å². The van der Waals surface area contributed by atoms with Crippen molar-refractivity contribution in [1.29, 1.82) is 0 Å². The molecule has 0 aliphatic carbocycles. The first-order valence-corrected chi connectivity index (χ1v) is 12.2. The summed E-state index contributed by atoms with van der Waals surface area (Å²) in [7, 11) is 0. The van der Waals surface area contributed by atoms with E-state index in [-0.39, 0.29) is 29.3 Å². The molecule has 3 unspecified atom stereocenters. The second kappa shape index (κ2) is 10.6. The highest BCUT2D eigenvalue weighted by Crippen LogP contribution is 2.28. The lowest BCUT2D eigenvalue weighted by atomic mass is 10.0. The Kier molecular flexibility index (Phi) is 7.47. The quantitative estimate of drug-likeness (QED) is 0.520. The molecule has 0 saturated carbocycles. The van der Waals surface area contributed by atoms with Gasteiger partial charge in [0.1, 0.15) is 12.1 Å². The molecule has 190 valence electrons. The van der Waals surface area contributed by atoms with Gasteiger partial charge in [0.2, 0.25) is 11.8 Å². The lowest BCUT2D eigenvalue weighted by Gasteiger charge is -2.30. The van der Waals surface area contributed by atoms with Gasteiger partial charge in [-0.05, 0) is 49.8 Å². The van der Waals surface area contributed by atoms with Crippen molar-refractivity contribution in [3.63, 3.8) is 0 Å². The Hall–Kier alpha value is -3.62. The molecule has 3 atom stereocenters. The van der Waals surface area contributed by atoms with E-state index < -0.39 is 23.7 Å². The Morgan fingerprint density at radius 1 is 1.08 bits per heavy atom. The minimum Gasteiger partial charge on any atom is -0.348 e. The van der Waals surface area contributed by atoms with Crippen molar-refractivity contribution >= 4 is 11.8 Å². The normalized spacial score (nSPS) is 17.3. The second-order valence-electron chi connectivity index (χ2n) is 9.67. The second-order valence-corrected chi connectivity index (χ2v) is 9.67. The molecule has 1 fully saturated rings. The van der Waals surface area contributed by atoms with Gasteiger partial charge in [-0.2, -0.15) is 0 Å². The van der Waals surface area contributed by atoms with E-state index in [1.54, 1.807) is 40.0 Å². The van der Waals surface area contributed by atoms with E-state index >= 15 is 0 Å². The number of aromatic nitrogens is 3. The van der Waals surface area contributed by atoms with Crippen LogP contribution in [0.5, 0.6) is 0 Å². The highest BCUT2D eigenvalue weighted by atomic mass is 19.2. The molecule has 4 rings (SSSR count). The van der Waals surface area contributed by atoms with Gasteiger partial charge in [-0.1, -0.05) is 55.5 Å². The SMILES string of the molecule is Cc1cn(C(C(=O)N2CCCC2C(=O)NC(C)c2ccc(-c3cccc(F)c3F)cc2)C(C)C)nn1. The van der Waals surface area contributed by atoms with Crippen molar-refractivity contribution in [2.45, 2.75) is 58.7 Å². The first kappa shape index (κ1) is 25.5. The van der Waals surface area contributed by atoms with Crippen molar-refractivity contribution in [1.82, 2.24) is 25.2 Å². The predicted octanol–water partition coefficient (Wildman–Crippen LogP) is 4.60. The summed E-state index contributed by atoms with van der Waals surface area (Å²) >= 11 is 0. The Bertz CT molecular complexity index is 1240. The minimum absolute atomic E-state index is 0.0247. The van der Waals surface area contributed by atoms with E-state index in [0.29, 0.717) is 18.5 Å². The molecule has 1 saturated heterocycles. The van der Waals surface area contributed by atoms with Crippen molar-refractivity contribution in [2.24, 2.45) is 5.92 Å². The molecular formula is C27H31F2N5O2. The van der Waals surface area contributed by atoms with Gasteiger partial charge in [-0.25, -0.2) is 13.5 Å². The van der Waals surface area contributed by atoms with Gasteiger partial charge in [0.15, 0.2) is 11.6 Å². The van der Waals surface area contributed by atoms with Crippen LogP contribution in [0.25, 0.3) is 11.1 Å². The number of halogens is 2. The molecule has 2 aromatic carbocycles. The molecule has 9 heteroatoms. The van der Waals surface area contributed by atoms with Crippen LogP contribution in [-0.4, -0.2) is 44.3 Å². The van der Waals surface area contributed by atoms with Crippen LogP contribution in [0.3, 0.4) is 0 Å². The van der Waals surface area contributed by atoms with Crippen LogP contribution < -0.4 is 5.32 Å². The highest BCUT2D eigenvalue weighted by molar-refractivity contribution is 5.90. The van der Waals surface area contributed by atoms with Gasteiger partial charge in [0.25, 0.3) is 0 Å². The number of benzene rings is 2. The number of hydrogen-bond donors (Lipinski definition) is 1. The smallest absolute Gasteiger partial charge is 0.248 e. The van der Waals surface area contributed by atoms with Gasteiger partial charge < -0.3 is 10.2 Å². The van der Waals surface area contributed by atoms with Gasteiger partial charge >= 0.3 is 0 Å². The average Bonchev–Trinajstić information content (AvgIpc) is 3.50. The van der Waals surface area contributed by atoms with Crippen molar-refractivity contribution < 1.29 is 18.4 Å². The third-order valence-electron chi connectivity index (χ3n) is 6.66. The fourth-order valence-corrected chi connectivity index (χ4v) is 4.75. The maximum atomic E-state index is 14.1. The number of nitrogens with zero attached hydrogens (tertiary/aromatic N) is 4. The highest BCUT2D eigenvalue weighted by Gasteiger charge is 2.39. The molecule has 2 heterocycles. The van der Waals surface area contributed by atoms with Crippen LogP contribution in [0, 0.1) is 24.5 Å². The number of hydrogen-bond acceptors (Lipinski definition) is 4. The molecule has 2 amide bonds. The summed E-state index contributed by atoms with van der Waals surface area (Å²) in [6.45, 7) is 8.08. The van der Waals surface area contributed by atoms with E-state index in [1.165, 1.54) is 12.1 Å². The molecule has 3 aromatic rings. The average molecular weight is 496 g/mol. The van der Waals surface area contributed by atoms with E-state index in [9.17, 15) is 18.4 Å². The molecule has 1 aliphatic heterocycles. The number of carbonyl (C=O) groups is 2. The fourth-order valence-electron chi connectivity index (χ4n) is 4.75. The van der Waals surface area contributed by atoms with E-state index in [4.69, 9.17) is 0 Å². The minimum atomic E-state index is -0.897. The molecule has 1 N–H and O–H groups in total. The van der Waals surface area contributed by atoms with Crippen molar-refractivity contribution in [3.05, 3.63) is 71.6 Å². The van der Waals surface area contributed by atoms with Crippen LogP contribution >= 0.6 is 0 Å². The zero-order valence-corrected chi connectivity index (χ0v) is 20.9. The third kappa shape index (κ3) is 5.15. The summed E-state index contributed by atoms with van der Waals surface area (Å²) in [5.41, 5.74) is 2.27. The molecule has 0 radical (unpaired) electrons. The van der Waals surface area contributed by atoms with E-state index in [0.717, 1.165) is 23.7 Å². The molecular weight excluding hydrogens is 464 g/mol. The monoisotopic (exact) mass is 495 g/mol. The Balaban J connectivity index is 1.45. The largest absolute Gasteiger partial charge is 0.348 e. The maximum absolute atomic E-state index is 14.1. The number of rotatable bonds is 7. The number of nitrogens with one attached hydrogen (secondary N) is 1. The number of likely N-dealkylation sites (tertiary alicyclic amines) is 1. The van der Waals surface area contributed by atoms with E-state index in [2.05, 4.69) is 15.6 Å². The Morgan fingerprint density at radius 2 is 1.81 bits per heavy atom. The van der Waals surface area contributed by atoms with Crippen molar-refractivity contribution in [3.8, 4) is 11.1 Å². The molecule has 0 bridgehead atoms. The Morgan fingerprint density at radius 3 is 2.44 bits per heavy atom. The summed E-state index contributed by atoms with van der Waals surface area (Å²) in [6.07, 6.45) is 3.08.